The van der Waals surface area contributed by atoms with Crippen LogP contribution in [0, 0.1) is 5.92 Å². The molecule has 1 saturated carbocycles. The molecule has 3 aliphatic rings. The van der Waals surface area contributed by atoms with Crippen LogP contribution in [0.5, 0.6) is 0 Å². The number of likely N-dealkylation sites (N-methyl/N-ethyl adjacent to an activating group) is 1. The van der Waals surface area contributed by atoms with Gasteiger partial charge in [-0.2, -0.15) is 0 Å². The van der Waals surface area contributed by atoms with Gasteiger partial charge >= 0.3 is 0 Å². The van der Waals surface area contributed by atoms with Gasteiger partial charge in [-0.25, -0.2) is 0 Å². The van der Waals surface area contributed by atoms with Crippen molar-refractivity contribution in [2.75, 3.05) is 59.4 Å². The number of hydrogen-bond donors (Lipinski definition) is 1. The number of nitrogens with one attached hydrogen (secondary N) is 1. The van der Waals surface area contributed by atoms with E-state index in [0.29, 0.717) is 6.04 Å². The molecule has 162 valence electrons. The van der Waals surface area contributed by atoms with Crippen molar-refractivity contribution in [3.05, 3.63) is 35.9 Å². The minimum atomic E-state index is 0.530. The molecule has 0 spiro atoms. The molecule has 1 aliphatic carbocycles. The lowest BCUT2D eigenvalue weighted by molar-refractivity contribution is 0.0638. The van der Waals surface area contributed by atoms with Crippen LogP contribution < -0.4 is 5.32 Å². The van der Waals surface area contributed by atoms with E-state index in [-0.39, 0.29) is 0 Å². The Kier molecular flexibility index (Phi) is 8.01. The molecule has 0 amide bonds. The van der Waals surface area contributed by atoms with E-state index in [4.69, 9.17) is 0 Å². The first kappa shape index (κ1) is 21.3. The van der Waals surface area contributed by atoms with Crippen LogP contribution in [0.25, 0.3) is 0 Å². The molecule has 2 aliphatic heterocycles. The van der Waals surface area contributed by atoms with Gasteiger partial charge in [-0.3, -0.25) is 9.80 Å². The molecule has 4 rings (SSSR count). The quantitative estimate of drug-likeness (QED) is 0.821. The Balaban J connectivity index is 1.53. The van der Waals surface area contributed by atoms with Gasteiger partial charge in [0.25, 0.3) is 0 Å². The molecule has 1 aromatic rings. The van der Waals surface area contributed by atoms with Gasteiger partial charge < -0.3 is 10.2 Å². The molecule has 1 aromatic carbocycles. The van der Waals surface area contributed by atoms with Crippen LogP contribution in [0.4, 0.5) is 0 Å². The molecular weight excluding hydrogens is 356 g/mol. The van der Waals surface area contributed by atoms with Crippen molar-refractivity contribution < 1.29 is 0 Å². The maximum absolute atomic E-state index is 3.77. The first-order chi connectivity index (χ1) is 14.3. The largest absolute Gasteiger partial charge is 0.315 e. The molecule has 2 saturated heterocycles. The van der Waals surface area contributed by atoms with Crippen molar-refractivity contribution in [1.82, 2.24) is 20.0 Å². The zero-order valence-corrected chi connectivity index (χ0v) is 18.6. The summed E-state index contributed by atoms with van der Waals surface area (Å²) in [4.78, 5) is 8.24. The van der Waals surface area contributed by atoms with Crippen molar-refractivity contribution in [2.45, 2.75) is 57.0 Å². The monoisotopic (exact) mass is 398 g/mol. The Morgan fingerprint density at radius 1 is 0.759 bits per heavy atom. The van der Waals surface area contributed by atoms with Crippen LogP contribution in [-0.4, -0.2) is 80.1 Å². The highest BCUT2D eigenvalue weighted by atomic mass is 15.3. The van der Waals surface area contributed by atoms with E-state index < -0.39 is 0 Å². The molecule has 2 heterocycles. The van der Waals surface area contributed by atoms with E-state index in [9.17, 15) is 0 Å². The van der Waals surface area contributed by atoms with Crippen molar-refractivity contribution in [3.8, 4) is 0 Å². The molecule has 4 atom stereocenters. The van der Waals surface area contributed by atoms with Gasteiger partial charge in [0.05, 0.1) is 0 Å². The van der Waals surface area contributed by atoms with Gasteiger partial charge in [0.15, 0.2) is 0 Å². The molecule has 3 fully saturated rings. The van der Waals surface area contributed by atoms with Crippen LogP contribution in [0.1, 0.15) is 56.6 Å². The van der Waals surface area contributed by atoms with Gasteiger partial charge in [0, 0.05) is 57.9 Å². The predicted octanol–water partition coefficient (Wildman–Crippen LogP) is 3.61. The van der Waals surface area contributed by atoms with Crippen molar-refractivity contribution in [3.63, 3.8) is 0 Å². The number of rotatable bonds is 2. The first-order valence-corrected chi connectivity index (χ1v) is 12.2. The van der Waals surface area contributed by atoms with Gasteiger partial charge in [-0.1, -0.05) is 49.6 Å². The summed E-state index contributed by atoms with van der Waals surface area (Å²) >= 11 is 0. The zero-order valence-electron chi connectivity index (χ0n) is 18.6. The Morgan fingerprint density at radius 3 is 2.38 bits per heavy atom. The Bertz CT molecular complexity index is 586. The molecule has 4 nitrogen and oxygen atoms in total. The van der Waals surface area contributed by atoms with Gasteiger partial charge in [0.1, 0.15) is 0 Å². The second kappa shape index (κ2) is 10.9. The summed E-state index contributed by atoms with van der Waals surface area (Å²) in [7, 11) is 2.35. The summed E-state index contributed by atoms with van der Waals surface area (Å²) in [5.74, 6) is 0.914. The third-order valence-electron chi connectivity index (χ3n) is 7.76. The van der Waals surface area contributed by atoms with Crippen LogP contribution in [0.3, 0.4) is 0 Å². The fourth-order valence-corrected chi connectivity index (χ4v) is 5.96. The van der Waals surface area contributed by atoms with Gasteiger partial charge in [0.2, 0.25) is 0 Å². The standard InChI is InChI=1S/C25H42N4/c1-27-18-20-29-21-19-28(16-13-24(27)22-8-4-2-5-9-22)17-15-26-14-12-25(29)23-10-6-3-7-11-23/h2,4-5,8-9,23-26H,3,6-7,10-21H2,1H3. The van der Waals surface area contributed by atoms with E-state index in [1.807, 2.05) is 0 Å². The molecular formula is C25H42N4. The van der Waals surface area contributed by atoms with Gasteiger partial charge in [-0.15, -0.1) is 0 Å². The lowest BCUT2D eigenvalue weighted by Crippen LogP contribution is -2.51. The lowest BCUT2D eigenvalue weighted by Gasteiger charge is -2.43. The maximum atomic E-state index is 3.77. The molecule has 1 N–H and O–H groups in total. The highest BCUT2D eigenvalue weighted by Gasteiger charge is 2.30. The summed E-state index contributed by atoms with van der Waals surface area (Å²) < 4.78 is 0. The third-order valence-corrected chi connectivity index (χ3v) is 7.76. The fraction of sp³-hybridized carbons (Fsp3) is 0.760. The van der Waals surface area contributed by atoms with Crippen LogP contribution in [0.2, 0.25) is 0 Å². The average Bonchev–Trinajstić information content (AvgIpc) is 2.78. The summed E-state index contributed by atoms with van der Waals surface area (Å²) in [6, 6.07) is 12.5. The molecule has 4 unspecified atom stereocenters. The van der Waals surface area contributed by atoms with E-state index in [2.05, 4.69) is 57.4 Å². The maximum Gasteiger partial charge on any atom is 0.0357 e. The van der Waals surface area contributed by atoms with Crippen LogP contribution in [-0.2, 0) is 0 Å². The smallest absolute Gasteiger partial charge is 0.0357 e. The van der Waals surface area contributed by atoms with Gasteiger partial charge in [-0.05, 0) is 50.8 Å². The summed E-state index contributed by atoms with van der Waals surface area (Å²) in [5, 5.41) is 3.77. The topological polar surface area (TPSA) is 21.8 Å². The van der Waals surface area contributed by atoms with E-state index >= 15 is 0 Å². The summed E-state index contributed by atoms with van der Waals surface area (Å²) in [6.45, 7) is 9.60. The van der Waals surface area contributed by atoms with Crippen molar-refractivity contribution in [2.24, 2.45) is 5.92 Å². The van der Waals surface area contributed by atoms with Crippen molar-refractivity contribution in [1.29, 1.82) is 0 Å². The van der Waals surface area contributed by atoms with Crippen LogP contribution in [0.15, 0.2) is 30.3 Å². The minimum Gasteiger partial charge on any atom is -0.315 e. The first-order valence-electron chi connectivity index (χ1n) is 12.2. The number of hydrogen-bond acceptors (Lipinski definition) is 4. The third kappa shape index (κ3) is 5.81. The lowest BCUT2D eigenvalue weighted by atomic mass is 9.81. The van der Waals surface area contributed by atoms with Crippen molar-refractivity contribution >= 4 is 0 Å². The molecule has 4 heteroatoms. The highest BCUT2D eigenvalue weighted by Crippen LogP contribution is 2.31. The van der Waals surface area contributed by atoms with E-state index in [0.717, 1.165) is 18.5 Å². The fourth-order valence-electron chi connectivity index (χ4n) is 5.96. The second-order valence-electron chi connectivity index (χ2n) is 9.58. The Morgan fingerprint density at radius 2 is 1.55 bits per heavy atom. The molecule has 29 heavy (non-hydrogen) atoms. The molecule has 2 bridgehead atoms. The highest BCUT2D eigenvalue weighted by molar-refractivity contribution is 5.19. The van der Waals surface area contributed by atoms with Crippen LogP contribution >= 0.6 is 0 Å². The molecule has 0 radical (unpaired) electrons. The number of fused-ring (bicyclic) bond motifs is 3. The second-order valence-corrected chi connectivity index (χ2v) is 9.58. The predicted molar refractivity (Wildman–Crippen MR) is 122 cm³/mol. The number of nitrogens with zero attached hydrogens (tertiary/aromatic N) is 3. The van der Waals surface area contributed by atoms with E-state index in [1.165, 1.54) is 96.3 Å². The minimum absolute atomic E-state index is 0.530. The Hall–Kier alpha value is -0.940. The van der Waals surface area contributed by atoms with E-state index in [1.54, 1.807) is 0 Å². The normalized spacial score (nSPS) is 34.0. The SMILES string of the molecule is CN1CCN2CCN(CCNCCC2C2CCCCC2)CCC1c1ccccc1. The average molecular weight is 399 g/mol. The Labute approximate surface area is 178 Å². The molecule has 0 aromatic heterocycles. The summed E-state index contributed by atoms with van der Waals surface area (Å²) in [6.07, 6.45) is 9.82. The zero-order chi connectivity index (χ0) is 19.9. The number of benzene rings is 1. The summed E-state index contributed by atoms with van der Waals surface area (Å²) in [5.41, 5.74) is 1.48.